The molecule has 0 radical (unpaired) electrons. The number of aliphatic hydroxyl groups is 1. The summed E-state index contributed by atoms with van der Waals surface area (Å²) in [5.41, 5.74) is 1.08. The Morgan fingerprint density at radius 3 is 2.15 bits per heavy atom. The van der Waals surface area contributed by atoms with Crippen LogP contribution in [0.3, 0.4) is 0 Å². The average molecular weight is 198 g/mol. The molecule has 1 aromatic carbocycles. The first-order valence-corrected chi connectivity index (χ1v) is 6.89. The normalized spacial score (nSPS) is 11.6. The van der Waals surface area contributed by atoms with E-state index in [4.69, 9.17) is 5.11 Å². The zero-order chi connectivity index (χ0) is 9.90. The monoisotopic (exact) mass is 198 g/mol. The summed E-state index contributed by atoms with van der Waals surface area (Å²) in [7, 11) is -2.12. The van der Waals surface area contributed by atoms with Gasteiger partial charge in [0.05, 0.1) is 0 Å². The molecule has 0 saturated carbocycles. The molecule has 1 rings (SSSR count). The van der Waals surface area contributed by atoms with Gasteiger partial charge in [0.15, 0.2) is 0 Å². The summed E-state index contributed by atoms with van der Waals surface area (Å²) in [4.78, 5) is 0. The third kappa shape index (κ3) is 2.98. The van der Waals surface area contributed by atoms with Crippen molar-refractivity contribution in [2.24, 2.45) is 0 Å². The van der Waals surface area contributed by atoms with Crippen LogP contribution >= 0.6 is 7.14 Å². The molecule has 0 fully saturated rings. The molecule has 13 heavy (non-hydrogen) atoms. The second-order valence-electron chi connectivity index (χ2n) is 3.49. The van der Waals surface area contributed by atoms with Crippen molar-refractivity contribution in [3.05, 3.63) is 29.8 Å². The van der Waals surface area contributed by atoms with Gasteiger partial charge in [-0.15, -0.1) is 0 Å². The molecular formula is C10H15O2P. The van der Waals surface area contributed by atoms with Crippen LogP contribution in [0, 0.1) is 0 Å². The van der Waals surface area contributed by atoms with Gasteiger partial charge in [-0.1, -0.05) is 24.3 Å². The van der Waals surface area contributed by atoms with E-state index in [1.54, 1.807) is 13.3 Å². The van der Waals surface area contributed by atoms with Crippen molar-refractivity contribution in [1.29, 1.82) is 0 Å². The van der Waals surface area contributed by atoms with Crippen LogP contribution in [0.25, 0.3) is 0 Å². The van der Waals surface area contributed by atoms with Crippen LogP contribution < -0.4 is 5.30 Å². The summed E-state index contributed by atoms with van der Waals surface area (Å²) >= 11 is 0. The second-order valence-corrected chi connectivity index (χ2v) is 6.71. The highest BCUT2D eigenvalue weighted by Gasteiger charge is 2.09. The highest BCUT2D eigenvalue weighted by atomic mass is 31.2. The molecule has 0 saturated heterocycles. The average Bonchev–Trinajstić information content (AvgIpc) is 2.04. The molecule has 0 spiro atoms. The lowest BCUT2D eigenvalue weighted by molar-refractivity contribution is 0.299. The van der Waals surface area contributed by atoms with Crippen LogP contribution in [-0.2, 0) is 11.0 Å². The largest absolute Gasteiger partial charge is 0.396 e. The Balaban J connectivity index is 2.88. The third-order valence-corrected chi connectivity index (χ3v) is 3.50. The maximum absolute atomic E-state index is 11.6. The number of rotatable bonds is 3. The Kier molecular flexibility index (Phi) is 3.29. The smallest absolute Gasteiger partial charge is 0.109 e. The minimum absolute atomic E-state index is 0.162. The SMILES string of the molecule is CP(C)(=O)c1ccc(CCO)cc1. The lowest BCUT2D eigenvalue weighted by Crippen LogP contribution is -2.02. The first-order valence-electron chi connectivity index (χ1n) is 4.29. The molecule has 72 valence electrons. The Labute approximate surface area is 79.0 Å². The fraction of sp³-hybridized carbons (Fsp3) is 0.400. The first-order chi connectivity index (χ1) is 6.04. The molecule has 0 unspecified atom stereocenters. The fourth-order valence-electron chi connectivity index (χ4n) is 1.15. The number of aliphatic hydroxyl groups excluding tert-OH is 1. The fourth-order valence-corrected chi connectivity index (χ4v) is 2.02. The lowest BCUT2D eigenvalue weighted by Gasteiger charge is -2.07. The summed E-state index contributed by atoms with van der Waals surface area (Å²) in [6.07, 6.45) is 0.665. The van der Waals surface area contributed by atoms with Crippen LogP contribution in [0.15, 0.2) is 24.3 Å². The van der Waals surface area contributed by atoms with E-state index in [0.717, 1.165) is 10.9 Å². The lowest BCUT2D eigenvalue weighted by atomic mass is 10.2. The number of benzene rings is 1. The van der Waals surface area contributed by atoms with E-state index in [2.05, 4.69) is 0 Å². The van der Waals surface area contributed by atoms with Crippen LogP contribution in [0.2, 0.25) is 0 Å². The van der Waals surface area contributed by atoms with E-state index in [1.165, 1.54) is 0 Å². The summed E-state index contributed by atoms with van der Waals surface area (Å²) < 4.78 is 11.6. The van der Waals surface area contributed by atoms with Crippen molar-refractivity contribution in [2.45, 2.75) is 6.42 Å². The predicted molar refractivity (Wildman–Crippen MR) is 56.3 cm³/mol. The molecule has 0 heterocycles. The van der Waals surface area contributed by atoms with Crippen molar-refractivity contribution >= 4 is 12.4 Å². The zero-order valence-electron chi connectivity index (χ0n) is 8.03. The molecule has 1 aromatic rings. The summed E-state index contributed by atoms with van der Waals surface area (Å²) in [5.74, 6) is 0. The molecule has 0 aliphatic carbocycles. The van der Waals surface area contributed by atoms with Gasteiger partial charge in [0.25, 0.3) is 0 Å². The Morgan fingerprint density at radius 2 is 1.77 bits per heavy atom. The molecular weight excluding hydrogens is 183 g/mol. The van der Waals surface area contributed by atoms with Gasteiger partial charge in [0.1, 0.15) is 7.14 Å². The van der Waals surface area contributed by atoms with Gasteiger partial charge in [-0.25, -0.2) is 0 Å². The first kappa shape index (κ1) is 10.5. The quantitative estimate of drug-likeness (QED) is 0.747. The van der Waals surface area contributed by atoms with E-state index in [9.17, 15) is 4.57 Å². The van der Waals surface area contributed by atoms with Gasteiger partial charge in [0.2, 0.25) is 0 Å². The van der Waals surface area contributed by atoms with Crippen molar-refractivity contribution in [3.8, 4) is 0 Å². The van der Waals surface area contributed by atoms with Crippen molar-refractivity contribution in [3.63, 3.8) is 0 Å². The van der Waals surface area contributed by atoms with Crippen molar-refractivity contribution < 1.29 is 9.67 Å². The van der Waals surface area contributed by atoms with Crippen molar-refractivity contribution in [2.75, 3.05) is 19.9 Å². The molecule has 0 amide bonds. The van der Waals surface area contributed by atoms with E-state index >= 15 is 0 Å². The Hall–Kier alpha value is -0.590. The van der Waals surface area contributed by atoms with Gasteiger partial charge in [-0.3, -0.25) is 0 Å². The predicted octanol–water partition coefficient (Wildman–Crippen LogP) is 1.47. The van der Waals surface area contributed by atoms with E-state index in [0.29, 0.717) is 6.42 Å². The maximum Gasteiger partial charge on any atom is 0.109 e. The van der Waals surface area contributed by atoms with E-state index in [-0.39, 0.29) is 6.61 Å². The third-order valence-electron chi connectivity index (χ3n) is 1.96. The number of hydrogen-bond donors (Lipinski definition) is 1. The second kappa shape index (κ2) is 4.08. The van der Waals surface area contributed by atoms with Gasteiger partial charge >= 0.3 is 0 Å². The molecule has 1 N–H and O–H groups in total. The van der Waals surface area contributed by atoms with Crippen LogP contribution in [0.5, 0.6) is 0 Å². The highest BCUT2D eigenvalue weighted by Crippen LogP contribution is 2.34. The standard InChI is InChI=1S/C10H15O2P/c1-13(2,12)10-5-3-9(4-6-10)7-8-11/h3-6,11H,7-8H2,1-2H3. The molecule has 0 aliphatic heterocycles. The Bertz CT molecular complexity index is 310. The molecule has 0 atom stereocenters. The molecule has 2 nitrogen and oxygen atoms in total. The zero-order valence-corrected chi connectivity index (χ0v) is 8.92. The van der Waals surface area contributed by atoms with Gasteiger partial charge < -0.3 is 9.67 Å². The maximum atomic E-state index is 11.6. The summed E-state index contributed by atoms with van der Waals surface area (Å²) in [6, 6.07) is 7.61. The summed E-state index contributed by atoms with van der Waals surface area (Å²) in [5, 5.41) is 9.59. The van der Waals surface area contributed by atoms with Gasteiger partial charge in [0, 0.05) is 11.9 Å². The van der Waals surface area contributed by atoms with Crippen LogP contribution in [0.1, 0.15) is 5.56 Å². The minimum atomic E-state index is -2.12. The minimum Gasteiger partial charge on any atom is -0.396 e. The Morgan fingerprint density at radius 1 is 1.23 bits per heavy atom. The topological polar surface area (TPSA) is 37.3 Å². The van der Waals surface area contributed by atoms with Crippen molar-refractivity contribution in [1.82, 2.24) is 0 Å². The van der Waals surface area contributed by atoms with Crippen LogP contribution in [0.4, 0.5) is 0 Å². The summed E-state index contributed by atoms with van der Waals surface area (Å²) in [6.45, 7) is 3.68. The molecule has 0 aromatic heterocycles. The molecule has 3 heteroatoms. The van der Waals surface area contributed by atoms with Crippen LogP contribution in [-0.4, -0.2) is 25.0 Å². The molecule has 0 aliphatic rings. The highest BCUT2D eigenvalue weighted by molar-refractivity contribution is 7.70. The van der Waals surface area contributed by atoms with E-state index in [1.807, 2.05) is 24.3 Å². The van der Waals surface area contributed by atoms with Gasteiger partial charge in [-0.05, 0) is 25.3 Å². The van der Waals surface area contributed by atoms with E-state index < -0.39 is 7.14 Å². The molecule has 0 bridgehead atoms. The number of hydrogen-bond acceptors (Lipinski definition) is 2. The van der Waals surface area contributed by atoms with Gasteiger partial charge in [-0.2, -0.15) is 0 Å².